The molecule has 0 aliphatic rings. The first-order chi connectivity index (χ1) is 6.56. The van der Waals surface area contributed by atoms with Crippen LogP contribution in [0, 0.1) is 15.0 Å². The van der Waals surface area contributed by atoms with E-state index in [-0.39, 0.29) is 26.4 Å². The maximum absolute atomic E-state index is 12.5. The van der Waals surface area contributed by atoms with Gasteiger partial charge in [-0.2, -0.15) is 5.26 Å². The highest BCUT2D eigenvalue weighted by molar-refractivity contribution is 14.1. The van der Waals surface area contributed by atoms with E-state index >= 15 is 0 Å². The summed E-state index contributed by atoms with van der Waals surface area (Å²) >= 11 is 7.27. The minimum Gasteiger partial charge on any atom is -0.230 e. The zero-order chi connectivity index (χ0) is 10.7. The van der Waals surface area contributed by atoms with Crippen molar-refractivity contribution in [3.63, 3.8) is 0 Å². The van der Waals surface area contributed by atoms with Gasteiger partial charge >= 0.3 is 0 Å². The first-order valence-electron chi connectivity index (χ1n) is 3.56. The van der Waals surface area contributed by atoms with Crippen molar-refractivity contribution < 1.29 is 8.78 Å². The van der Waals surface area contributed by atoms with Gasteiger partial charge in [0.1, 0.15) is 8.85 Å². The second-order valence-corrected chi connectivity index (χ2v) is 3.85. The first kappa shape index (κ1) is 11.6. The lowest BCUT2D eigenvalue weighted by molar-refractivity contribution is 0.149. The molecule has 0 N–H and O–H groups in total. The van der Waals surface area contributed by atoms with Crippen molar-refractivity contribution in [1.82, 2.24) is 4.98 Å². The maximum Gasteiger partial charge on any atom is 0.266 e. The van der Waals surface area contributed by atoms with Crippen LogP contribution in [0.1, 0.15) is 17.6 Å². The van der Waals surface area contributed by atoms with Gasteiger partial charge in [0.05, 0.1) is 18.1 Å². The van der Waals surface area contributed by atoms with Crippen molar-refractivity contribution in [2.24, 2.45) is 0 Å². The normalized spacial score (nSPS) is 10.3. The predicted octanol–water partition coefficient (Wildman–Crippen LogP) is 3.34. The third-order valence-electron chi connectivity index (χ3n) is 1.55. The summed E-state index contributed by atoms with van der Waals surface area (Å²) in [5, 5.41) is 8.58. The molecule has 0 saturated carbocycles. The second-order valence-electron chi connectivity index (χ2n) is 2.44. The molecule has 0 saturated heterocycles. The van der Waals surface area contributed by atoms with Crippen LogP contribution in [0.5, 0.6) is 0 Å². The number of hydrogen-bond acceptors (Lipinski definition) is 2. The fraction of sp³-hybridized carbons (Fsp3) is 0.250. The number of alkyl halides is 2. The van der Waals surface area contributed by atoms with Crippen molar-refractivity contribution in [2.45, 2.75) is 12.8 Å². The van der Waals surface area contributed by atoms with E-state index in [0.717, 1.165) is 0 Å². The maximum atomic E-state index is 12.5. The van der Waals surface area contributed by atoms with Gasteiger partial charge in [-0.15, -0.1) is 0 Å². The van der Waals surface area contributed by atoms with Crippen LogP contribution >= 0.6 is 34.2 Å². The Hall–Kier alpha value is -0.480. The number of pyridine rings is 1. The largest absolute Gasteiger partial charge is 0.266 e. The molecule has 0 bridgehead atoms. The summed E-state index contributed by atoms with van der Waals surface area (Å²) in [6, 6.07) is 3.11. The molecule has 0 spiro atoms. The van der Waals surface area contributed by atoms with Gasteiger partial charge in [0.15, 0.2) is 0 Å². The predicted molar refractivity (Wildman–Crippen MR) is 56.2 cm³/mol. The zero-order valence-corrected chi connectivity index (χ0v) is 9.68. The molecular formula is C8H4ClF2IN2. The van der Waals surface area contributed by atoms with Crippen LogP contribution in [-0.4, -0.2) is 4.98 Å². The van der Waals surface area contributed by atoms with Crippen LogP contribution in [0.4, 0.5) is 8.78 Å². The van der Waals surface area contributed by atoms with Crippen molar-refractivity contribution in [3.8, 4) is 6.07 Å². The number of nitrogens with zero attached hydrogens (tertiary/aromatic N) is 2. The molecule has 1 aromatic rings. The molecule has 1 rings (SSSR count). The molecule has 1 heterocycles. The second kappa shape index (κ2) is 4.84. The highest BCUT2D eigenvalue weighted by Crippen LogP contribution is 2.28. The third kappa shape index (κ3) is 2.51. The molecule has 0 atom stereocenters. The molecule has 6 heteroatoms. The van der Waals surface area contributed by atoms with Gasteiger partial charge in [-0.05, 0) is 34.2 Å². The molecular weight excluding hydrogens is 324 g/mol. The summed E-state index contributed by atoms with van der Waals surface area (Å²) in [6.07, 6.45) is -2.72. The number of rotatable bonds is 2. The Morgan fingerprint density at radius 1 is 1.64 bits per heavy atom. The average Bonchev–Trinajstić information content (AvgIpc) is 2.01. The smallest absolute Gasteiger partial charge is 0.230 e. The van der Waals surface area contributed by atoms with Gasteiger partial charge in [0.25, 0.3) is 6.43 Å². The molecule has 14 heavy (non-hydrogen) atoms. The quantitative estimate of drug-likeness (QED) is 0.617. The number of hydrogen-bond donors (Lipinski definition) is 0. The summed E-state index contributed by atoms with van der Waals surface area (Å²) in [4.78, 5) is 3.70. The minimum atomic E-state index is -2.63. The van der Waals surface area contributed by atoms with Gasteiger partial charge in [-0.3, -0.25) is 0 Å². The fourth-order valence-electron chi connectivity index (χ4n) is 1.00. The minimum absolute atomic E-state index is 0.0854. The number of nitriles is 1. The van der Waals surface area contributed by atoms with Crippen LogP contribution < -0.4 is 0 Å². The van der Waals surface area contributed by atoms with Crippen LogP contribution in [0.15, 0.2) is 6.07 Å². The van der Waals surface area contributed by atoms with Crippen LogP contribution in [0.2, 0.25) is 5.15 Å². The number of halogens is 4. The fourth-order valence-corrected chi connectivity index (χ4v) is 2.20. The summed E-state index contributed by atoms with van der Waals surface area (Å²) in [7, 11) is 0. The van der Waals surface area contributed by atoms with Crippen LogP contribution in [0.25, 0.3) is 0 Å². The van der Waals surface area contributed by atoms with E-state index in [0.29, 0.717) is 0 Å². The van der Waals surface area contributed by atoms with E-state index in [1.807, 2.05) is 6.07 Å². The van der Waals surface area contributed by atoms with E-state index in [4.69, 9.17) is 16.9 Å². The molecule has 2 nitrogen and oxygen atoms in total. The van der Waals surface area contributed by atoms with Gasteiger partial charge in [-0.25, -0.2) is 13.8 Å². The van der Waals surface area contributed by atoms with E-state index in [1.54, 1.807) is 22.6 Å². The Morgan fingerprint density at radius 3 is 2.79 bits per heavy atom. The Labute approximate surface area is 98.0 Å². The van der Waals surface area contributed by atoms with E-state index < -0.39 is 6.43 Å². The molecule has 0 fully saturated rings. The molecule has 0 aliphatic carbocycles. The van der Waals surface area contributed by atoms with Gasteiger partial charge in [-0.1, -0.05) is 11.6 Å². The number of aromatic nitrogens is 1. The van der Waals surface area contributed by atoms with Gasteiger partial charge in [0.2, 0.25) is 0 Å². The van der Waals surface area contributed by atoms with Crippen molar-refractivity contribution in [2.75, 3.05) is 0 Å². The third-order valence-corrected chi connectivity index (χ3v) is 2.57. The Kier molecular flexibility index (Phi) is 4.01. The van der Waals surface area contributed by atoms with Crippen LogP contribution in [0.3, 0.4) is 0 Å². The van der Waals surface area contributed by atoms with Gasteiger partial charge in [0, 0.05) is 0 Å². The summed E-state index contributed by atoms with van der Waals surface area (Å²) < 4.78 is 25.2. The standard InChI is InChI=1S/C8H4ClF2IN2/c9-5-3-4(1-2-13)6(7(10)11)8(12)14-5/h3,7H,1H2. The first-order valence-corrected chi connectivity index (χ1v) is 5.02. The topological polar surface area (TPSA) is 36.7 Å². The lowest BCUT2D eigenvalue weighted by atomic mass is 10.1. The Balaban J connectivity index is 3.30. The Bertz CT molecular complexity index is 390. The molecule has 0 unspecified atom stereocenters. The molecule has 0 amide bonds. The zero-order valence-electron chi connectivity index (χ0n) is 6.77. The highest BCUT2D eigenvalue weighted by atomic mass is 127. The van der Waals surface area contributed by atoms with Gasteiger partial charge < -0.3 is 0 Å². The Morgan fingerprint density at radius 2 is 2.29 bits per heavy atom. The van der Waals surface area contributed by atoms with Crippen molar-refractivity contribution >= 4 is 34.2 Å². The van der Waals surface area contributed by atoms with E-state index in [2.05, 4.69) is 4.98 Å². The van der Waals surface area contributed by atoms with Crippen LogP contribution in [-0.2, 0) is 6.42 Å². The molecule has 0 aliphatic heterocycles. The molecule has 1 aromatic heterocycles. The van der Waals surface area contributed by atoms with E-state index in [1.165, 1.54) is 6.07 Å². The lowest BCUT2D eigenvalue weighted by Crippen LogP contribution is -2.00. The monoisotopic (exact) mass is 328 g/mol. The lowest BCUT2D eigenvalue weighted by Gasteiger charge is -2.07. The highest BCUT2D eigenvalue weighted by Gasteiger charge is 2.18. The average molecular weight is 328 g/mol. The molecule has 74 valence electrons. The summed E-state index contributed by atoms with van der Waals surface area (Å²) in [5.74, 6) is 0. The SMILES string of the molecule is N#CCc1cc(Cl)nc(I)c1C(F)F. The summed E-state index contributed by atoms with van der Waals surface area (Å²) in [6.45, 7) is 0. The van der Waals surface area contributed by atoms with E-state index in [9.17, 15) is 8.78 Å². The van der Waals surface area contributed by atoms with Crippen molar-refractivity contribution in [3.05, 3.63) is 26.0 Å². The molecule has 0 aromatic carbocycles. The van der Waals surface area contributed by atoms with Crippen molar-refractivity contribution in [1.29, 1.82) is 5.26 Å². The summed E-state index contributed by atoms with van der Waals surface area (Å²) in [5.41, 5.74) is 0.0449. The molecule has 0 radical (unpaired) electrons.